The Morgan fingerprint density at radius 2 is 2.16 bits per heavy atom. The van der Waals surface area contributed by atoms with Gasteiger partial charge in [0.1, 0.15) is 0 Å². The third kappa shape index (κ3) is 5.93. The van der Waals surface area contributed by atoms with Gasteiger partial charge >= 0.3 is 6.18 Å². The standard InChI is InChI=1S/C12H22F3N3S/c1-9(2)10-8-18(6-7-19-10)11(16-3)17-5-4-12(13,14)15/h9-10H,4-8H2,1-3H3,(H,16,17). The summed E-state index contributed by atoms with van der Waals surface area (Å²) in [4.78, 5) is 6.13. The Hall–Kier alpha value is -0.590. The SMILES string of the molecule is CN=C(NCCC(F)(F)F)N1CCSC(C(C)C)C1. The third-order valence-electron chi connectivity index (χ3n) is 3.04. The summed E-state index contributed by atoms with van der Waals surface area (Å²) >= 11 is 1.93. The molecule has 1 heterocycles. The third-order valence-corrected chi connectivity index (χ3v) is 4.58. The predicted molar refractivity (Wildman–Crippen MR) is 74.7 cm³/mol. The van der Waals surface area contributed by atoms with Crippen molar-refractivity contribution in [1.82, 2.24) is 10.2 Å². The van der Waals surface area contributed by atoms with Crippen LogP contribution in [0.2, 0.25) is 0 Å². The van der Waals surface area contributed by atoms with Crippen LogP contribution in [-0.2, 0) is 0 Å². The van der Waals surface area contributed by atoms with Crippen molar-refractivity contribution in [3.8, 4) is 0 Å². The molecule has 1 atom stereocenters. The van der Waals surface area contributed by atoms with Crippen LogP contribution in [0.5, 0.6) is 0 Å². The first kappa shape index (κ1) is 16.5. The lowest BCUT2D eigenvalue weighted by Crippen LogP contribution is -2.49. The highest BCUT2D eigenvalue weighted by atomic mass is 32.2. The molecule has 0 bridgehead atoms. The molecule has 0 saturated carbocycles. The molecule has 7 heteroatoms. The summed E-state index contributed by atoms with van der Waals surface area (Å²) in [7, 11) is 1.61. The number of aliphatic imine (C=N–C) groups is 1. The van der Waals surface area contributed by atoms with Gasteiger partial charge in [-0.3, -0.25) is 4.99 Å². The quantitative estimate of drug-likeness (QED) is 0.641. The van der Waals surface area contributed by atoms with Crippen molar-refractivity contribution in [3.05, 3.63) is 0 Å². The molecule has 1 aliphatic heterocycles. The summed E-state index contributed by atoms with van der Waals surface area (Å²) in [5.41, 5.74) is 0. The van der Waals surface area contributed by atoms with E-state index in [-0.39, 0.29) is 6.54 Å². The van der Waals surface area contributed by atoms with Gasteiger partial charge in [0.15, 0.2) is 5.96 Å². The van der Waals surface area contributed by atoms with Crippen molar-refractivity contribution in [2.24, 2.45) is 10.9 Å². The van der Waals surface area contributed by atoms with Crippen molar-refractivity contribution in [1.29, 1.82) is 0 Å². The maximum absolute atomic E-state index is 12.1. The zero-order valence-electron chi connectivity index (χ0n) is 11.6. The van der Waals surface area contributed by atoms with E-state index < -0.39 is 12.6 Å². The average Bonchev–Trinajstić information content (AvgIpc) is 2.33. The van der Waals surface area contributed by atoms with Gasteiger partial charge < -0.3 is 10.2 Å². The number of nitrogens with zero attached hydrogens (tertiary/aromatic N) is 2. The second-order valence-corrected chi connectivity index (χ2v) is 6.29. The molecule has 0 radical (unpaired) electrons. The van der Waals surface area contributed by atoms with Crippen molar-refractivity contribution < 1.29 is 13.2 Å². The van der Waals surface area contributed by atoms with E-state index in [0.29, 0.717) is 17.1 Å². The Labute approximate surface area is 117 Å². The topological polar surface area (TPSA) is 27.6 Å². The van der Waals surface area contributed by atoms with Gasteiger partial charge in [-0.05, 0) is 5.92 Å². The second-order valence-electron chi connectivity index (χ2n) is 4.94. The molecule has 0 amide bonds. The molecular formula is C12H22F3N3S. The largest absolute Gasteiger partial charge is 0.390 e. The van der Waals surface area contributed by atoms with Gasteiger partial charge in [-0.1, -0.05) is 13.8 Å². The Morgan fingerprint density at radius 1 is 1.47 bits per heavy atom. The maximum atomic E-state index is 12.1. The van der Waals surface area contributed by atoms with Crippen LogP contribution in [0.25, 0.3) is 0 Å². The minimum absolute atomic E-state index is 0.119. The van der Waals surface area contributed by atoms with Crippen molar-refractivity contribution in [2.75, 3.05) is 32.4 Å². The number of thioether (sulfide) groups is 1. The number of alkyl halides is 3. The van der Waals surface area contributed by atoms with E-state index in [4.69, 9.17) is 0 Å². The molecule has 0 aliphatic carbocycles. The molecule has 0 aromatic heterocycles. The minimum Gasteiger partial charge on any atom is -0.356 e. The molecule has 19 heavy (non-hydrogen) atoms. The Kier molecular flexibility index (Phi) is 6.29. The Morgan fingerprint density at radius 3 is 2.68 bits per heavy atom. The van der Waals surface area contributed by atoms with Crippen LogP contribution >= 0.6 is 11.8 Å². The first-order chi connectivity index (χ1) is 8.83. The smallest absolute Gasteiger partial charge is 0.356 e. The minimum atomic E-state index is -4.12. The summed E-state index contributed by atoms with van der Waals surface area (Å²) in [6, 6.07) is 0. The number of hydrogen-bond donors (Lipinski definition) is 1. The number of nitrogens with one attached hydrogen (secondary N) is 1. The molecule has 1 aliphatic rings. The van der Waals surface area contributed by atoms with E-state index in [0.717, 1.165) is 18.8 Å². The van der Waals surface area contributed by atoms with Gasteiger partial charge in [0.05, 0.1) is 6.42 Å². The van der Waals surface area contributed by atoms with Gasteiger partial charge in [0.25, 0.3) is 0 Å². The highest BCUT2D eigenvalue weighted by Gasteiger charge is 2.28. The monoisotopic (exact) mass is 297 g/mol. The fourth-order valence-electron chi connectivity index (χ4n) is 1.92. The molecule has 0 spiro atoms. The van der Waals surface area contributed by atoms with Gasteiger partial charge in [-0.25, -0.2) is 0 Å². The summed E-state index contributed by atoms with van der Waals surface area (Å²) in [6.07, 6.45) is -4.95. The van der Waals surface area contributed by atoms with Gasteiger partial charge in [0, 0.05) is 37.7 Å². The lowest BCUT2D eigenvalue weighted by molar-refractivity contribution is -0.132. The van der Waals surface area contributed by atoms with Crippen LogP contribution in [0.3, 0.4) is 0 Å². The predicted octanol–water partition coefficient (Wildman–Crippen LogP) is 2.59. The average molecular weight is 297 g/mol. The molecule has 0 aromatic rings. The number of rotatable bonds is 3. The molecule has 0 aromatic carbocycles. The Bertz CT molecular complexity index is 305. The van der Waals surface area contributed by atoms with E-state index in [1.807, 2.05) is 11.8 Å². The van der Waals surface area contributed by atoms with Crippen molar-refractivity contribution >= 4 is 17.7 Å². The molecule has 1 unspecified atom stereocenters. The van der Waals surface area contributed by atoms with Crippen molar-refractivity contribution in [2.45, 2.75) is 31.7 Å². The fourth-order valence-corrected chi connectivity index (χ4v) is 3.22. The van der Waals surface area contributed by atoms with Gasteiger partial charge in [-0.15, -0.1) is 0 Å². The number of halogens is 3. The van der Waals surface area contributed by atoms with E-state index in [9.17, 15) is 13.2 Å². The molecule has 3 nitrogen and oxygen atoms in total. The lowest BCUT2D eigenvalue weighted by Gasteiger charge is -2.36. The summed E-state index contributed by atoms with van der Waals surface area (Å²) < 4.78 is 36.4. The first-order valence-electron chi connectivity index (χ1n) is 6.47. The summed E-state index contributed by atoms with van der Waals surface area (Å²) in [5, 5.41) is 3.31. The molecule has 112 valence electrons. The van der Waals surface area contributed by atoms with Crippen LogP contribution in [-0.4, -0.2) is 54.7 Å². The molecule has 1 fully saturated rings. The molecule has 1 N–H and O–H groups in total. The Balaban J connectivity index is 2.46. The van der Waals surface area contributed by atoms with Crippen molar-refractivity contribution in [3.63, 3.8) is 0 Å². The van der Waals surface area contributed by atoms with Crippen LogP contribution in [0.4, 0.5) is 13.2 Å². The summed E-state index contributed by atoms with van der Waals surface area (Å²) in [6.45, 7) is 5.89. The second kappa shape index (κ2) is 7.26. The molecule has 1 saturated heterocycles. The van der Waals surface area contributed by atoms with E-state index in [1.165, 1.54) is 0 Å². The highest BCUT2D eigenvalue weighted by Crippen LogP contribution is 2.25. The number of hydrogen-bond acceptors (Lipinski definition) is 2. The van der Waals surface area contributed by atoms with Crippen LogP contribution < -0.4 is 5.32 Å². The van der Waals surface area contributed by atoms with Gasteiger partial charge in [-0.2, -0.15) is 24.9 Å². The maximum Gasteiger partial charge on any atom is 0.390 e. The molecular weight excluding hydrogens is 275 g/mol. The highest BCUT2D eigenvalue weighted by molar-refractivity contribution is 8.00. The van der Waals surface area contributed by atoms with E-state index >= 15 is 0 Å². The van der Waals surface area contributed by atoms with E-state index in [1.54, 1.807) is 7.05 Å². The van der Waals surface area contributed by atoms with Crippen LogP contribution in [0.15, 0.2) is 4.99 Å². The zero-order chi connectivity index (χ0) is 14.5. The number of guanidine groups is 1. The van der Waals surface area contributed by atoms with E-state index in [2.05, 4.69) is 29.1 Å². The zero-order valence-corrected chi connectivity index (χ0v) is 12.4. The van der Waals surface area contributed by atoms with Crippen LogP contribution in [0, 0.1) is 5.92 Å². The summed E-state index contributed by atoms with van der Waals surface area (Å²) in [5.74, 6) is 2.12. The normalized spacial score (nSPS) is 21.9. The van der Waals surface area contributed by atoms with Gasteiger partial charge in [0.2, 0.25) is 0 Å². The molecule has 1 rings (SSSR count). The lowest BCUT2D eigenvalue weighted by atomic mass is 10.1. The van der Waals surface area contributed by atoms with Crippen LogP contribution in [0.1, 0.15) is 20.3 Å². The fraction of sp³-hybridized carbons (Fsp3) is 0.917. The first-order valence-corrected chi connectivity index (χ1v) is 7.52.